The molecule has 5 N–H and O–H groups in total. The van der Waals surface area contributed by atoms with Gasteiger partial charge in [-0.3, -0.25) is 0 Å². The van der Waals surface area contributed by atoms with E-state index in [4.69, 9.17) is 5.73 Å². The first-order valence-electron chi connectivity index (χ1n) is 6.90. The van der Waals surface area contributed by atoms with Gasteiger partial charge < -0.3 is 15.9 Å². The Hall–Kier alpha value is -0.990. The fraction of sp³-hybridized carbons (Fsp3) is 0.571. The number of hydrogen-bond acceptors (Lipinski definition) is 5. The molecule has 6 nitrogen and oxygen atoms in total. The topological polar surface area (TPSA) is 113 Å². The summed E-state index contributed by atoms with van der Waals surface area (Å²) in [7, 11) is -3.80. The van der Waals surface area contributed by atoms with Crippen molar-refractivity contribution in [1.82, 2.24) is 4.72 Å². The summed E-state index contributed by atoms with van der Waals surface area (Å²) >= 11 is 0. The van der Waals surface area contributed by atoms with Crippen molar-refractivity contribution in [1.29, 1.82) is 0 Å². The standard InChI is InChI=1S/C14H24N2O4S/c1-11-6-8-12(9-7-11)21(19,20)16-13(14(2,17)18)5-3-4-10-15/h6-9,13,16-18H,3-5,10,15H2,1-2H3/t13-/m0/s1. The van der Waals surface area contributed by atoms with E-state index >= 15 is 0 Å². The molecule has 0 saturated carbocycles. The van der Waals surface area contributed by atoms with E-state index in [9.17, 15) is 18.6 Å². The van der Waals surface area contributed by atoms with Crippen LogP contribution in [0.4, 0.5) is 0 Å². The van der Waals surface area contributed by atoms with Gasteiger partial charge in [-0.05, 0) is 45.4 Å². The van der Waals surface area contributed by atoms with E-state index in [-0.39, 0.29) is 4.90 Å². The van der Waals surface area contributed by atoms with Gasteiger partial charge in [-0.25, -0.2) is 13.1 Å². The quantitative estimate of drug-likeness (QED) is 0.411. The lowest BCUT2D eigenvalue weighted by Gasteiger charge is -2.28. The molecule has 7 heteroatoms. The molecule has 0 aliphatic carbocycles. The highest BCUT2D eigenvalue weighted by atomic mass is 32.2. The van der Waals surface area contributed by atoms with E-state index < -0.39 is 21.9 Å². The number of hydrogen-bond donors (Lipinski definition) is 4. The van der Waals surface area contributed by atoms with Crippen molar-refractivity contribution in [3.05, 3.63) is 29.8 Å². The first kappa shape index (κ1) is 18.1. The van der Waals surface area contributed by atoms with Crippen LogP contribution in [0.5, 0.6) is 0 Å². The van der Waals surface area contributed by atoms with Gasteiger partial charge in [-0.2, -0.15) is 0 Å². The third kappa shape index (κ3) is 5.72. The van der Waals surface area contributed by atoms with Crippen molar-refractivity contribution in [2.24, 2.45) is 5.73 Å². The van der Waals surface area contributed by atoms with Crippen LogP contribution in [0.25, 0.3) is 0 Å². The summed E-state index contributed by atoms with van der Waals surface area (Å²) < 4.78 is 26.9. The molecule has 0 aromatic heterocycles. The maximum absolute atomic E-state index is 12.3. The number of unbranched alkanes of at least 4 members (excludes halogenated alkanes) is 1. The fourth-order valence-corrected chi connectivity index (χ4v) is 3.26. The molecular weight excluding hydrogens is 292 g/mol. The molecule has 1 aromatic rings. The van der Waals surface area contributed by atoms with Gasteiger partial charge >= 0.3 is 0 Å². The van der Waals surface area contributed by atoms with Gasteiger partial charge in [-0.15, -0.1) is 0 Å². The normalized spacial score (nSPS) is 14.1. The second kappa shape index (κ2) is 7.33. The first-order chi connectivity index (χ1) is 9.66. The zero-order valence-electron chi connectivity index (χ0n) is 12.4. The van der Waals surface area contributed by atoms with E-state index in [1.165, 1.54) is 12.1 Å². The summed E-state index contributed by atoms with van der Waals surface area (Å²) in [4.78, 5) is 0.0983. The Morgan fingerprint density at radius 2 is 1.81 bits per heavy atom. The number of nitrogens with one attached hydrogen (secondary N) is 1. The Kier molecular flexibility index (Phi) is 6.30. The Balaban J connectivity index is 2.88. The maximum atomic E-state index is 12.3. The van der Waals surface area contributed by atoms with Gasteiger partial charge in [0, 0.05) is 0 Å². The molecule has 120 valence electrons. The van der Waals surface area contributed by atoms with Crippen molar-refractivity contribution in [2.75, 3.05) is 6.54 Å². The minimum atomic E-state index is -3.80. The van der Waals surface area contributed by atoms with Gasteiger partial charge in [0.15, 0.2) is 5.79 Å². The minimum absolute atomic E-state index is 0.0983. The van der Waals surface area contributed by atoms with Gasteiger partial charge in [0.05, 0.1) is 10.9 Å². The van der Waals surface area contributed by atoms with E-state index in [0.29, 0.717) is 25.8 Å². The predicted molar refractivity (Wildman–Crippen MR) is 81.0 cm³/mol. The van der Waals surface area contributed by atoms with Crippen LogP contribution in [-0.4, -0.2) is 37.0 Å². The summed E-state index contributed by atoms with van der Waals surface area (Å²) in [5.41, 5.74) is 6.34. The van der Waals surface area contributed by atoms with Crippen molar-refractivity contribution < 1.29 is 18.6 Å². The summed E-state index contributed by atoms with van der Waals surface area (Å²) in [6.45, 7) is 3.50. The molecule has 0 bridgehead atoms. The van der Waals surface area contributed by atoms with Crippen LogP contribution in [-0.2, 0) is 10.0 Å². The number of aryl methyl sites for hydroxylation is 1. The second-order valence-electron chi connectivity index (χ2n) is 5.37. The van der Waals surface area contributed by atoms with Crippen LogP contribution in [0.1, 0.15) is 31.7 Å². The number of aliphatic hydroxyl groups is 2. The highest BCUT2D eigenvalue weighted by Gasteiger charge is 2.32. The van der Waals surface area contributed by atoms with Crippen LogP contribution in [0.3, 0.4) is 0 Å². The van der Waals surface area contributed by atoms with Crippen LogP contribution in [0.2, 0.25) is 0 Å². The molecule has 1 rings (SSSR count). The summed E-state index contributed by atoms with van der Waals surface area (Å²) in [6, 6.07) is 5.36. The summed E-state index contributed by atoms with van der Waals surface area (Å²) in [5, 5.41) is 19.5. The van der Waals surface area contributed by atoms with E-state index in [1.807, 2.05) is 6.92 Å². The van der Waals surface area contributed by atoms with Crippen molar-refractivity contribution in [2.45, 2.75) is 49.8 Å². The molecule has 0 amide bonds. The molecular formula is C14H24N2O4S. The average molecular weight is 316 g/mol. The van der Waals surface area contributed by atoms with Gasteiger partial charge in [0.1, 0.15) is 0 Å². The molecule has 0 spiro atoms. The Morgan fingerprint density at radius 1 is 1.24 bits per heavy atom. The second-order valence-corrected chi connectivity index (χ2v) is 7.08. The minimum Gasteiger partial charge on any atom is -0.365 e. The van der Waals surface area contributed by atoms with Gasteiger partial charge in [-0.1, -0.05) is 24.1 Å². The summed E-state index contributed by atoms with van der Waals surface area (Å²) in [6.07, 6.45) is 1.60. The van der Waals surface area contributed by atoms with Crippen LogP contribution >= 0.6 is 0 Å². The van der Waals surface area contributed by atoms with Crippen LogP contribution < -0.4 is 10.5 Å². The molecule has 0 aliphatic rings. The lowest BCUT2D eigenvalue weighted by atomic mass is 10.0. The predicted octanol–water partition coefficient (Wildman–Crippen LogP) is 0.472. The van der Waals surface area contributed by atoms with Gasteiger partial charge in [0.2, 0.25) is 10.0 Å². The molecule has 0 fully saturated rings. The zero-order chi connectivity index (χ0) is 16.1. The van der Waals surface area contributed by atoms with Crippen LogP contribution in [0.15, 0.2) is 29.2 Å². The lowest BCUT2D eigenvalue weighted by Crippen LogP contribution is -2.50. The molecule has 1 atom stereocenters. The number of benzene rings is 1. The van der Waals surface area contributed by atoms with Crippen molar-refractivity contribution >= 4 is 10.0 Å². The molecule has 0 heterocycles. The Labute approximate surface area is 126 Å². The maximum Gasteiger partial charge on any atom is 0.241 e. The van der Waals surface area contributed by atoms with Crippen molar-refractivity contribution in [3.8, 4) is 0 Å². The SMILES string of the molecule is Cc1ccc(S(=O)(=O)N[C@@H](CCCCN)C(C)(O)O)cc1. The molecule has 0 aliphatic heterocycles. The van der Waals surface area contributed by atoms with E-state index in [0.717, 1.165) is 12.5 Å². The number of rotatable bonds is 8. The average Bonchev–Trinajstić information content (AvgIpc) is 2.37. The highest BCUT2D eigenvalue weighted by Crippen LogP contribution is 2.17. The molecule has 0 unspecified atom stereocenters. The first-order valence-corrected chi connectivity index (χ1v) is 8.39. The van der Waals surface area contributed by atoms with E-state index in [1.54, 1.807) is 12.1 Å². The van der Waals surface area contributed by atoms with Gasteiger partial charge in [0.25, 0.3) is 0 Å². The Bertz CT molecular complexity index is 535. The molecule has 21 heavy (non-hydrogen) atoms. The molecule has 0 saturated heterocycles. The highest BCUT2D eigenvalue weighted by molar-refractivity contribution is 7.89. The van der Waals surface area contributed by atoms with E-state index in [2.05, 4.69) is 4.72 Å². The number of nitrogens with two attached hydrogens (primary N) is 1. The molecule has 0 radical (unpaired) electrons. The largest absolute Gasteiger partial charge is 0.365 e. The van der Waals surface area contributed by atoms with Crippen molar-refractivity contribution in [3.63, 3.8) is 0 Å². The third-order valence-corrected chi connectivity index (χ3v) is 4.72. The Morgan fingerprint density at radius 3 is 2.29 bits per heavy atom. The lowest BCUT2D eigenvalue weighted by molar-refractivity contribution is -0.165. The monoisotopic (exact) mass is 316 g/mol. The van der Waals surface area contributed by atoms with Crippen LogP contribution in [0, 0.1) is 6.92 Å². The summed E-state index contributed by atoms with van der Waals surface area (Å²) in [5.74, 6) is -2.13. The fourth-order valence-electron chi connectivity index (χ4n) is 1.91. The molecule has 1 aromatic carbocycles. The smallest absolute Gasteiger partial charge is 0.241 e. The zero-order valence-corrected chi connectivity index (χ0v) is 13.2. The number of sulfonamides is 1. The third-order valence-electron chi connectivity index (χ3n) is 3.24.